The van der Waals surface area contributed by atoms with Gasteiger partial charge < -0.3 is 10.6 Å². The third kappa shape index (κ3) is 2.38. The first kappa shape index (κ1) is 13.9. The summed E-state index contributed by atoms with van der Waals surface area (Å²) in [7, 11) is 0. The molecule has 0 fully saturated rings. The van der Waals surface area contributed by atoms with Crippen LogP contribution in [0.3, 0.4) is 0 Å². The summed E-state index contributed by atoms with van der Waals surface area (Å²) >= 11 is 5.18. The van der Waals surface area contributed by atoms with E-state index in [-0.39, 0.29) is 5.82 Å². The molecule has 21 heavy (non-hydrogen) atoms. The zero-order valence-corrected chi connectivity index (χ0v) is 12.8. The molecule has 2 N–H and O–H groups in total. The fourth-order valence-electron chi connectivity index (χ4n) is 2.93. The first-order chi connectivity index (χ1) is 9.97. The molecule has 0 radical (unpaired) electrons. The van der Waals surface area contributed by atoms with Gasteiger partial charge in [0.25, 0.3) is 0 Å². The molecule has 3 nitrogen and oxygen atoms in total. The van der Waals surface area contributed by atoms with Crippen LogP contribution < -0.4 is 10.6 Å². The second-order valence-electron chi connectivity index (χ2n) is 5.28. The van der Waals surface area contributed by atoms with Crippen LogP contribution in [0.15, 0.2) is 24.3 Å². The summed E-state index contributed by atoms with van der Waals surface area (Å²) in [5.74, 6) is -0.236. The van der Waals surface area contributed by atoms with Crippen LogP contribution in [0.25, 0.3) is 0 Å². The Morgan fingerprint density at radius 1 is 1.29 bits per heavy atom. The number of aromatic nitrogens is 1. The number of benzene rings is 1. The molecule has 0 amide bonds. The number of nitrogens with two attached hydrogens (primary N) is 1. The first-order valence-electron chi connectivity index (χ1n) is 6.81. The Morgan fingerprint density at radius 3 is 2.76 bits per heavy atom. The van der Waals surface area contributed by atoms with Crippen molar-refractivity contribution in [1.82, 2.24) is 4.98 Å². The number of halogens is 1. The van der Waals surface area contributed by atoms with E-state index in [0.29, 0.717) is 4.99 Å². The van der Waals surface area contributed by atoms with Crippen molar-refractivity contribution < 1.29 is 4.39 Å². The van der Waals surface area contributed by atoms with Crippen LogP contribution >= 0.6 is 12.2 Å². The molecule has 0 spiro atoms. The van der Waals surface area contributed by atoms with Gasteiger partial charge in [0.2, 0.25) is 0 Å². The molecule has 5 heteroatoms. The van der Waals surface area contributed by atoms with Crippen LogP contribution in [-0.4, -0.2) is 16.5 Å². The molecule has 1 aliphatic rings. The SMILES string of the molecule is Cc1cc(N2CCc3ccc(F)cc32)c(C(N)=S)c(C)n1. The summed E-state index contributed by atoms with van der Waals surface area (Å²) in [5.41, 5.74) is 11.3. The minimum Gasteiger partial charge on any atom is -0.389 e. The molecular weight excluding hydrogens is 285 g/mol. The predicted molar refractivity (Wildman–Crippen MR) is 86.7 cm³/mol. The highest BCUT2D eigenvalue weighted by Crippen LogP contribution is 2.37. The van der Waals surface area contributed by atoms with Crippen molar-refractivity contribution in [1.29, 1.82) is 0 Å². The normalized spacial score (nSPS) is 13.4. The van der Waals surface area contributed by atoms with Crippen LogP contribution in [0, 0.1) is 19.7 Å². The molecule has 0 saturated heterocycles. The third-order valence-electron chi connectivity index (χ3n) is 3.79. The van der Waals surface area contributed by atoms with E-state index in [1.807, 2.05) is 26.0 Å². The monoisotopic (exact) mass is 301 g/mol. The highest BCUT2D eigenvalue weighted by Gasteiger charge is 2.25. The van der Waals surface area contributed by atoms with Gasteiger partial charge in [-0.25, -0.2) is 4.39 Å². The van der Waals surface area contributed by atoms with Crippen molar-refractivity contribution >= 4 is 28.6 Å². The number of fused-ring (bicyclic) bond motifs is 1. The van der Waals surface area contributed by atoms with Crippen LogP contribution in [0.5, 0.6) is 0 Å². The average molecular weight is 301 g/mol. The lowest BCUT2D eigenvalue weighted by atomic mass is 10.1. The minimum atomic E-state index is -0.236. The first-order valence-corrected chi connectivity index (χ1v) is 7.22. The Bertz CT molecular complexity index is 743. The van der Waals surface area contributed by atoms with E-state index in [2.05, 4.69) is 9.88 Å². The van der Waals surface area contributed by atoms with Gasteiger partial charge >= 0.3 is 0 Å². The summed E-state index contributed by atoms with van der Waals surface area (Å²) in [4.78, 5) is 6.83. The number of pyridine rings is 1. The van der Waals surface area contributed by atoms with E-state index in [1.54, 1.807) is 6.07 Å². The summed E-state index contributed by atoms with van der Waals surface area (Å²) in [5, 5.41) is 0. The van der Waals surface area contributed by atoms with Gasteiger partial charge in [0.1, 0.15) is 10.8 Å². The van der Waals surface area contributed by atoms with E-state index < -0.39 is 0 Å². The predicted octanol–water partition coefficient (Wildman–Crippen LogP) is 3.17. The molecule has 1 aromatic heterocycles. The van der Waals surface area contributed by atoms with Gasteiger partial charge in [-0.3, -0.25) is 4.98 Å². The molecule has 0 bridgehead atoms. The maximum atomic E-state index is 13.6. The number of nitrogens with zero attached hydrogens (tertiary/aromatic N) is 2. The quantitative estimate of drug-likeness (QED) is 0.865. The largest absolute Gasteiger partial charge is 0.389 e. The van der Waals surface area contributed by atoms with Crippen molar-refractivity contribution in [2.75, 3.05) is 11.4 Å². The van der Waals surface area contributed by atoms with Gasteiger partial charge in [0.05, 0.1) is 11.3 Å². The summed E-state index contributed by atoms with van der Waals surface area (Å²) in [6.07, 6.45) is 0.882. The van der Waals surface area contributed by atoms with Gasteiger partial charge in [0, 0.05) is 23.6 Å². The van der Waals surface area contributed by atoms with Gasteiger partial charge in [-0.15, -0.1) is 0 Å². The molecule has 1 aromatic carbocycles. The Balaban J connectivity index is 2.19. The number of hydrogen-bond donors (Lipinski definition) is 1. The van der Waals surface area contributed by atoms with Crippen molar-refractivity contribution in [2.24, 2.45) is 5.73 Å². The molecule has 1 aliphatic heterocycles. The smallest absolute Gasteiger partial charge is 0.125 e. The number of hydrogen-bond acceptors (Lipinski definition) is 3. The maximum absolute atomic E-state index is 13.6. The summed E-state index contributed by atoms with van der Waals surface area (Å²) < 4.78 is 13.6. The molecule has 3 rings (SSSR count). The van der Waals surface area contributed by atoms with Gasteiger partial charge in [0.15, 0.2) is 0 Å². The number of thiocarbonyl (C=S) groups is 1. The second-order valence-corrected chi connectivity index (χ2v) is 5.72. The minimum absolute atomic E-state index is 0.236. The molecular formula is C16H16FN3S. The molecule has 2 heterocycles. The fourth-order valence-corrected chi connectivity index (χ4v) is 3.18. The number of aryl methyl sites for hydroxylation is 2. The molecule has 0 unspecified atom stereocenters. The van der Waals surface area contributed by atoms with Gasteiger partial charge in [-0.2, -0.15) is 0 Å². The Hall–Kier alpha value is -2.01. The van der Waals surface area contributed by atoms with Gasteiger partial charge in [-0.1, -0.05) is 18.3 Å². The zero-order valence-electron chi connectivity index (χ0n) is 12.0. The molecule has 0 saturated carbocycles. The van der Waals surface area contributed by atoms with E-state index in [0.717, 1.165) is 46.9 Å². The molecule has 0 atom stereocenters. The number of anilines is 2. The van der Waals surface area contributed by atoms with Crippen LogP contribution in [0.2, 0.25) is 0 Å². The van der Waals surface area contributed by atoms with Gasteiger partial charge in [-0.05, 0) is 44.0 Å². The lowest BCUT2D eigenvalue weighted by Gasteiger charge is -2.24. The van der Waals surface area contributed by atoms with E-state index in [4.69, 9.17) is 18.0 Å². The standard InChI is InChI=1S/C16H16FN3S/c1-9-7-14(15(16(18)21)10(2)19-9)20-6-5-11-3-4-12(17)8-13(11)20/h3-4,7-8H,5-6H2,1-2H3,(H2,18,21). The van der Waals surface area contributed by atoms with Crippen molar-refractivity contribution in [2.45, 2.75) is 20.3 Å². The molecule has 0 aliphatic carbocycles. The van der Waals surface area contributed by atoms with E-state index in [1.165, 1.54) is 6.07 Å². The molecule has 108 valence electrons. The maximum Gasteiger partial charge on any atom is 0.125 e. The third-order valence-corrected chi connectivity index (χ3v) is 3.99. The van der Waals surface area contributed by atoms with Crippen LogP contribution in [-0.2, 0) is 6.42 Å². The fraction of sp³-hybridized carbons (Fsp3) is 0.250. The van der Waals surface area contributed by atoms with Crippen LogP contribution in [0.1, 0.15) is 22.5 Å². The Morgan fingerprint density at radius 2 is 2.05 bits per heavy atom. The average Bonchev–Trinajstić information content (AvgIpc) is 2.79. The lowest BCUT2D eigenvalue weighted by Crippen LogP contribution is -2.22. The van der Waals surface area contributed by atoms with Crippen molar-refractivity contribution in [3.8, 4) is 0 Å². The van der Waals surface area contributed by atoms with Crippen molar-refractivity contribution in [3.63, 3.8) is 0 Å². The van der Waals surface area contributed by atoms with E-state index >= 15 is 0 Å². The highest BCUT2D eigenvalue weighted by molar-refractivity contribution is 7.80. The number of rotatable bonds is 2. The van der Waals surface area contributed by atoms with Crippen molar-refractivity contribution in [3.05, 3.63) is 52.6 Å². The van der Waals surface area contributed by atoms with E-state index in [9.17, 15) is 4.39 Å². The molecule has 2 aromatic rings. The summed E-state index contributed by atoms with van der Waals surface area (Å²) in [6.45, 7) is 4.62. The van der Waals surface area contributed by atoms with Crippen LogP contribution in [0.4, 0.5) is 15.8 Å². The summed E-state index contributed by atoms with van der Waals surface area (Å²) in [6, 6.07) is 6.87. The topological polar surface area (TPSA) is 42.1 Å². The zero-order chi connectivity index (χ0) is 15.1. The Kier molecular flexibility index (Phi) is 3.37. The lowest BCUT2D eigenvalue weighted by molar-refractivity contribution is 0.628. The second kappa shape index (κ2) is 5.07. The Labute approximate surface area is 128 Å². The highest BCUT2D eigenvalue weighted by atomic mass is 32.1.